The first-order valence-corrected chi connectivity index (χ1v) is 5.69. The zero-order chi connectivity index (χ0) is 11.4. The van der Waals surface area contributed by atoms with Gasteiger partial charge in [0.25, 0.3) is 0 Å². The molecule has 0 heterocycles. The Morgan fingerprint density at radius 2 is 1.60 bits per heavy atom. The molecule has 0 atom stereocenters. The average Bonchev–Trinajstić information content (AvgIpc) is 2.19. The fourth-order valence-corrected chi connectivity index (χ4v) is 1.98. The lowest BCUT2D eigenvalue weighted by Gasteiger charge is -2.11. The highest BCUT2D eigenvalue weighted by Crippen LogP contribution is 2.18. The average molecular weight is 204 g/mol. The van der Waals surface area contributed by atoms with Gasteiger partial charge in [-0.25, -0.2) is 0 Å². The van der Waals surface area contributed by atoms with Crippen LogP contribution in [0.15, 0.2) is 12.1 Å². The largest absolute Gasteiger partial charge is 0.300 e. The molecule has 0 aliphatic heterocycles. The number of benzene rings is 1. The summed E-state index contributed by atoms with van der Waals surface area (Å²) in [7, 11) is 0. The topological polar surface area (TPSA) is 17.1 Å². The van der Waals surface area contributed by atoms with Crippen molar-refractivity contribution in [2.75, 3.05) is 0 Å². The second-order valence-corrected chi connectivity index (χ2v) is 4.13. The summed E-state index contributed by atoms with van der Waals surface area (Å²) in [5.41, 5.74) is 5.25. The number of rotatable bonds is 4. The summed E-state index contributed by atoms with van der Waals surface area (Å²) in [4.78, 5) is 11.1. The van der Waals surface area contributed by atoms with Gasteiger partial charge in [0.2, 0.25) is 0 Å². The minimum absolute atomic E-state index is 0.240. The molecule has 1 aromatic rings. The van der Waals surface area contributed by atoms with Gasteiger partial charge < -0.3 is 0 Å². The fraction of sp³-hybridized carbons (Fsp3) is 0.500. The van der Waals surface area contributed by atoms with Crippen LogP contribution in [0.1, 0.15) is 43.0 Å². The van der Waals surface area contributed by atoms with Crippen LogP contribution in [-0.4, -0.2) is 5.78 Å². The normalized spacial score (nSPS) is 10.4. The van der Waals surface area contributed by atoms with Gasteiger partial charge in [0, 0.05) is 6.42 Å². The highest BCUT2D eigenvalue weighted by atomic mass is 16.1. The van der Waals surface area contributed by atoms with Crippen molar-refractivity contribution in [1.82, 2.24) is 0 Å². The summed E-state index contributed by atoms with van der Waals surface area (Å²) < 4.78 is 0. The van der Waals surface area contributed by atoms with Gasteiger partial charge in [-0.05, 0) is 48.9 Å². The molecule has 0 aromatic heterocycles. The molecule has 0 radical (unpaired) electrons. The Morgan fingerprint density at radius 1 is 1.07 bits per heavy atom. The number of carbonyl (C=O) groups excluding carboxylic acids is 1. The first-order chi connectivity index (χ1) is 7.08. The van der Waals surface area contributed by atoms with E-state index in [2.05, 4.69) is 32.9 Å². The monoisotopic (exact) mass is 204 g/mol. The van der Waals surface area contributed by atoms with Crippen molar-refractivity contribution in [3.63, 3.8) is 0 Å². The molecule has 1 nitrogen and oxygen atoms in total. The van der Waals surface area contributed by atoms with E-state index in [9.17, 15) is 4.79 Å². The van der Waals surface area contributed by atoms with Crippen molar-refractivity contribution in [2.24, 2.45) is 0 Å². The van der Waals surface area contributed by atoms with Crippen LogP contribution in [-0.2, 0) is 24.1 Å². The van der Waals surface area contributed by atoms with Gasteiger partial charge in [-0.3, -0.25) is 4.79 Å². The van der Waals surface area contributed by atoms with Crippen molar-refractivity contribution in [2.45, 2.75) is 47.0 Å². The minimum Gasteiger partial charge on any atom is -0.300 e. The number of hydrogen-bond acceptors (Lipinski definition) is 1. The van der Waals surface area contributed by atoms with Crippen LogP contribution in [0.4, 0.5) is 0 Å². The van der Waals surface area contributed by atoms with Crippen LogP contribution < -0.4 is 0 Å². The van der Waals surface area contributed by atoms with Crippen molar-refractivity contribution < 1.29 is 4.79 Å². The summed E-state index contributed by atoms with van der Waals surface area (Å²) in [5.74, 6) is 0.240. The van der Waals surface area contributed by atoms with Gasteiger partial charge in [0.1, 0.15) is 5.78 Å². The lowest BCUT2D eigenvalue weighted by Crippen LogP contribution is -2.02. The number of hydrogen-bond donors (Lipinski definition) is 0. The Balaban J connectivity index is 3.13. The smallest absolute Gasteiger partial charge is 0.134 e. The summed E-state index contributed by atoms with van der Waals surface area (Å²) >= 11 is 0. The van der Waals surface area contributed by atoms with E-state index in [1.54, 1.807) is 6.92 Å². The Kier molecular flexibility index (Phi) is 4.07. The van der Waals surface area contributed by atoms with Crippen LogP contribution in [0.5, 0.6) is 0 Å². The fourth-order valence-electron chi connectivity index (χ4n) is 1.98. The van der Waals surface area contributed by atoms with Gasteiger partial charge in [0.05, 0.1) is 0 Å². The van der Waals surface area contributed by atoms with Crippen molar-refractivity contribution in [3.05, 3.63) is 34.4 Å². The first-order valence-electron chi connectivity index (χ1n) is 5.69. The van der Waals surface area contributed by atoms with E-state index in [4.69, 9.17) is 0 Å². The molecule has 1 rings (SSSR count). The maximum atomic E-state index is 11.1. The summed E-state index contributed by atoms with van der Waals surface area (Å²) in [6, 6.07) is 4.44. The van der Waals surface area contributed by atoms with Crippen LogP contribution in [0.25, 0.3) is 0 Å². The van der Waals surface area contributed by atoms with E-state index >= 15 is 0 Å². The second-order valence-electron chi connectivity index (χ2n) is 4.13. The molecule has 0 saturated heterocycles. The van der Waals surface area contributed by atoms with Crippen molar-refractivity contribution in [1.29, 1.82) is 0 Å². The predicted octanol–water partition coefficient (Wildman–Crippen LogP) is 3.25. The van der Waals surface area contributed by atoms with Gasteiger partial charge in [0.15, 0.2) is 0 Å². The number of aryl methyl sites for hydroxylation is 3. The molecule has 0 saturated carbocycles. The summed E-state index contributed by atoms with van der Waals surface area (Å²) in [6.07, 6.45) is 2.70. The van der Waals surface area contributed by atoms with E-state index in [0.717, 1.165) is 12.8 Å². The quantitative estimate of drug-likeness (QED) is 0.735. The molecular weight excluding hydrogens is 184 g/mol. The highest BCUT2D eigenvalue weighted by molar-refractivity contribution is 5.78. The Labute approximate surface area is 92.5 Å². The molecule has 0 aliphatic carbocycles. The predicted molar refractivity (Wildman–Crippen MR) is 64.3 cm³/mol. The lowest BCUT2D eigenvalue weighted by molar-refractivity contribution is -0.116. The molecule has 0 N–H and O–H groups in total. The lowest BCUT2D eigenvalue weighted by atomic mass is 9.94. The summed E-state index contributed by atoms with van der Waals surface area (Å²) in [5, 5.41) is 0. The summed E-state index contributed by atoms with van der Waals surface area (Å²) in [6.45, 7) is 8.09. The second kappa shape index (κ2) is 5.11. The van der Waals surface area contributed by atoms with E-state index in [0.29, 0.717) is 6.42 Å². The zero-order valence-corrected chi connectivity index (χ0v) is 10.2. The van der Waals surface area contributed by atoms with E-state index < -0.39 is 0 Å². The van der Waals surface area contributed by atoms with Crippen LogP contribution in [0.2, 0.25) is 0 Å². The van der Waals surface area contributed by atoms with Gasteiger partial charge in [-0.1, -0.05) is 26.0 Å². The Morgan fingerprint density at radius 3 is 2.07 bits per heavy atom. The highest BCUT2D eigenvalue weighted by Gasteiger charge is 2.06. The van der Waals surface area contributed by atoms with E-state index in [1.807, 2.05) is 0 Å². The van der Waals surface area contributed by atoms with Gasteiger partial charge in [-0.2, -0.15) is 0 Å². The third kappa shape index (κ3) is 2.92. The minimum atomic E-state index is 0.240. The zero-order valence-electron chi connectivity index (χ0n) is 10.2. The van der Waals surface area contributed by atoms with Crippen molar-refractivity contribution >= 4 is 5.78 Å². The molecule has 82 valence electrons. The molecule has 1 heteroatoms. The molecule has 0 amide bonds. The molecule has 0 aliphatic rings. The molecule has 0 fully saturated rings. The number of ketones is 1. The molecular formula is C14H20O. The third-order valence-corrected chi connectivity index (χ3v) is 2.86. The SMILES string of the molecule is CCc1cc(C)c(CC(C)=O)cc1CC. The Hall–Kier alpha value is -1.11. The molecule has 1 aromatic carbocycles. The third-order valence-electron chi connectivity index (χ3n) is 2.86. The molecule has 0 spiro atoms. The standard InChI is InChI=1S/C14H20O/c1-5-12-7-10(3)14(8-11(4)15)9-13(12)6-2/h7,9H,5-6,8H2,1-4H3. The number of Topliss-reactive ketones (excluding diaryl/α,β-unsaturated/α-hetero) is 1. The first kappa shape index (κ1) is 12.0. The molecule has 15 heavy (non-hydrogen) atoms. The molecule has 0 bridgehead atoms. The van der Waals surface area contributed by atoms with Crippen LogP contribution in [0.3, 0.4) is 0 Å². The van der Waals surface area contributed by atoms with Gasteiger partial charge in [-0.15, -0.1) is 0 Å². The van der Waals surface area contributed by atoms with E-state index in [-0.39, 0.29) is 5.78 Å². The van der Waals surface area contributed by atoms with Crippen LogP contribution >= 0.6 is 0 Å². The van der Waals surface area contributed by atoms with Gasteiger partial charge >= 0.3 is 0 Å². The van der Waals surface area contributed by atoms with Crippen LogP contribution in [0, 0.1) is 6.92 Å². The molecule has 0 unspecified atom stereocenters. The van der Waals surface area contributed by atoms with Crippen molar-refractivity contribution in [3.8, 4) is 0 Å². The number of carbonyl (C=O) groups is 1. The van der Waals surface area contributed by atoms with E-state index in [1.165, 1.54) is 22.3 Å². The maximum absolute atomic E-state index is 11.1. The Bertz CT molecular complexity index is 364. The maximum Gasteiger partial charge on any atom is 0.134 e.